The summed E-state index contributed by atoms with van der Waals surface area (Å²) < 4.78 is 16.1. The van der Waals surface area contributed by atoms with Crippen LogP contribution in [0.2, 0.25) is 0 Å². The molecule has 0 bridgehead atoms. The molecule has 1 amide bonds. The molecule has 186 valence electrons. The Balaban J connectivity index is 1.80. The van der Waals surface area contributed by atoms with Crippen LogP contribution in [-0.2, 0) is 16.0 Å². The quantitative estimate of drug-likeness (QED) is 0.282. The van der Waals surface area contributed by atoms with E-state index in [9.17, 15) is 14.7 Å². The molecule has 7 heteroatoms. The number of aliphatic hydroxyl groups is 1. The lowest BCUT2D eigenvalue weighted by Crippen LogP contribution is -2.31. The van der Waals surface area contributed by atoms with Gasteiger partial charge in [0.15, 0.2) is 0 Å². The molecule has 1 N–H and O–H groups in total. The van der Waals surface area contributed by atoms with Gasteiger partial charge in [-0.3, -0.25) is 9.59 Å². The van der Waals surface area contributed by atoms with Crippen molar-refractivity contribution in [3.8, 4) is 17.2 Å². The van der Waals surface area contributed by atoms with Crippen molar-refractivity contribution in [2.45, 2.75) is 19.4 Å². The van der Waals surface area contributed by atoms with Gasteiger partial charge in [-0.2, -0.15) is 0 Å². The van der Waals surface area contributed by atoms with E-state index >= 15 is 0 Å². The Morgan fingerprint density at radius 2 is 1.56 bits per heavy atom. The third-order valence-electron chi connectivity index (χ3n) is 6.46. The SMILES string of the molecule is COc1ccc(CCN2C(=O)C(=O)/C(=C(/O)c3ccc(OC)cc3C)C2c2ccccc2OC)cc1. The van der Waals surface area contributed by atoms with Crippen LogP contribution in [0.25, 0.3) is 5.76 Å². The predicted molar refractivity (Wildman–Crippen MR) is 136 cm³/mol. The zero-order chi connectivity index (χ0) is 25.8. The number of ether oxygens (including phenoxy) is 3. The van der Waals surface area contributed by atoms with Crippen LogP contribution in [0.15, 0.2) is 72.3 Å². The van der Waals surface area contributed by atoms with Crippen molar-refractivity contribution in [3.05, 3.63) is 94.6 Å². The number of carbonyl (C=O) groups excluding carboxylic acids is 2. The number of rotatable bonds is 8. The highest BCUT2D eigenvalue weighted by molar-refractivity contribution is 6.46. The molecule has 0 radical (unpaired) electrons. The minimum absolute atomic E-state index is 0.0347. The molecule has 0 spiro atoms. The van der Waals surface area contributed by atoms with Gasteiger partial charge >= 0.3 is 0 Å². The van der Waals surface area contributed by atoms with E-state index in [0.29, 0.717) is 29.0 Å². The van der Waals surface area contributed by atoms with E-state index in [4.69, 9.17) is 14.2 Å². The predicted octanol–water partition coefficient (Wildman–Crippen LogP) is 4.69. The van der Waals surface area contributed by atoms with Gasteiger partial charge in [-0.1, -0.05) is 30.3 Å². The number of amides is 1. The van der Waals surface area contributed by atoms with Gasteiger partial charge in [0.1, 0.15) is 23.0 Å². The number of aliphatic hydroxyl groups excluding tert-OH is 1. The molecule has 0 saturated carbocycles. The third-order valence-corrected chi connectivity index (χ3v) is 6.46. The van der Waals surface area contributed by atoms with E-state index in [1.54, 1.807) is 38.5 Å². The Hall–Kier alpha value is -4.26. The molecule has 1 heterocycles. The highest BCUT2D eigenvalue weighted by Gasteiger charge is 2.46. The van der Waals surface area contributed by atoms with Crippen LogP contribution < -0.4 is 14.2 Å². The van der Waals surface area contributed by atoms with E-state index in [1.807, 2.05) is 49.4 Å². The molecule has 0 aliphatic carbocycles. The molecule has 1 unspecified atom stereocenters. The van der Waals surface area contributed by atoms with Crippen molar-refractivity contribution in [2.24, 2.45) is 0 Å². The zero-order valence-corrected chi connectivity index (χ0v) is 20.8. The second kappa shape index (κ2) is 10.6. The molecule has 1 aliphatic rings. The molecular formula is C29H29NO6. The molecular weight excluding hydrogens is 458 g/mol. The van der Waals surface area contributed by atoms with E-state index in [-0.39, 0.29) is 17.9 Å². The highest BCUT2D eigenvalue weighted by atomic mass is 16.5. The van der Waals surface area contributed by atoms with Crippen LogP contribution in [0.1, 0.15) is 28.3 Å². The molecule has 1 fully saturated rings. The molecule has 4 rings (SSSR count). The lowest BCUT2D eigenvalue weighted by Gasteiger charge is -2.26. The fraction of sp³-hybridized carbons (Fsp3) is 0.241. The maximum Gasteiger partial charge on any atom is 0.295 e. The molecule has 36 heavy (non-hydrogen) atoms. The highest BCUT2D eigenvalue weighted by Crippen LogP contribution is 2.43. The summed E-state index contributed by atoms with van der Waals surface area (Å²) in [6.07, 6.45) is 0.518. The van der Waals surface area contributed by atoms with Crippen molar-refractivity contribution < 1.29 is 28.9 Å². The number of Topliss-reactive ketones (excluding diaryl/α,β-unsaturated/α-hetero) is 1. The van der Waals surface area contributed by atoms with Gasteiger partial charge in [0.2, 0.25) is 0 Å². The molecule has 7 nitrogen and oxygen atoms in total. The molecule has 0 aromatic heterocycles. The first-order valence-electron chi connectivity index (χ1n) is 11.6. The smallest absolute Gasteiger partial charge is 0.295 e. The Bertz CT molecular complexity index is 1310. The minimum Gasteiger partial charge on any atom is -0.507 e. The number of benzene rings is 3. The first kappa shape index (κ1) is 24.9. The minimum atomic E-state index is -0.805. The molecule has 3 aromatic carbocycles. The van der Waals surface area contributed by atoms with Gasteiger partial charge < -0.3 is 24.2 Å². The monoisotopic (exact) mass is 487 g/mol. The molecule has 1 aliphatic heterocycles. The Morgan fingerprint density at radius 1 is 0.889 bits per heavy atom. The average Bonchev–Trinajstić information content (AvgIpc) is 3.16. The maximum atomic E-state index is 13.4. The van der Waals surface area contributed by atoms with Crippen molar-refractivity contribution in [2.75, 3.05) is 27.9 Å². The van der Waals surface area contributed by atoms with Gasteiger partial charge in [-0.05, 0) is 60.9 Å². The third kappa shape index (κ3) is 4.64. The fourth-order valence-electron chi connectivity index (χ4n) is 4.54. The normalized spacial score (nSPS) is 16.8. The number of hydrogen-bond donors (Lipinski definition) is 1. The zero-order valence-electron chi connectivity index (χ0n) is 20.8. The summed E-state index contributed by atoms with van der Waals surface area (Å²) in [4.78, 5) is 28.2. The summed E-state index contributed by atoms with van der Waals surface area (Å²) >= 11 is 0. The molecule has 1 saturated heterocycles. The van der Waals surface area contributed by atoms with Crippen molar-refractivity contribution in [3.63, 3.8) is 0 Å². The number of carbonyl (C=O) groups is 2. The van der Waals surface area contributed by atoms with E-state index in [2.05, 4.69) is 0 Å². The number of para-hydroxylation sites is 1. The fourth-order valence-corrected chi connectivity index (χ4v) is 4.54. The van der Waals surface area contributed by atoms with Crippen LogP contribution in [0.4, 0.5) is 0 Å². The Kier molecular flexibility index (Phi) is 7.29. The lowest BCUT2D eigenvalue weighted by atomic mass is 9.93. The summed E-state index contributed by atoms with van der Waals surface area (Å²) in [6, 6.07) is 19.1. The first-order chi connectivity index (χ1) is 17.4. The van der Waals surface area contributed by atoms with Crippen LogP contribution in [0, 0.1) is 6.92 Å². The van der Waals surface area contributed by atoms with Crippen LogP contribution >= 0.6 is 0 Å². The number of methoxy groups -OCH3 is 3. The van der Waals surface area contributed by atoms with Gasteiger partial charge in [0.05, 0.1) is 32.9 Å². The van der Waals surface area contributed by atoms with Crippen molar-refractivity contribution in [1.29, 1.82) is 0 Å². The lowest BCUT2D eigenvalue weighted by molar-refractivity contribution is -0.139. The van der Waals surface area contributed by atoms with Crippen molar-refractivity contribution >= 4 is 17.4 Å². The topological polar surface area (TPSA) is 85.3 Å². The van der Waals surface area contributed by atoms with Crippen LogP contribution in [0.5, 0.6) is 17.2 Å². The van der Waals surface area contributed by atoms with Gasteiger partial charge in [0, 0.05) is 17.7 Å². The number of likely N-dealkylation sites (tertiary alicyclic amines) is 1. The Labute approximate surface area is 210 Å². The summed E-state index contributed by atoms with van der Waals surface area (Å²) in [6.45, 7) is 2.09. The number of ketones is 1. The summed E-state index contributed by atoms with van der Waals surface area (Å²) in [5.74, 6) is 0.279. The van der Waals surface area contributed by atoms with Crippen LogP contribution in [0.3, 0.4) is 0 Å². The second-order valence-corrected chi connectivity index (χ2v) is 8.51. The average molecular weight is 488 g/mol. The first-order valence-corrected chi connectivity index (χ1v) is 11.6. The summed E-state index contributed by atoms with van der Waals surface area (Å²) in [5.41, 5.74) is 2.83. The van der Waals surface area contributed by atoms with E-state index in [0.717, 1.165) is 16.9 Å². The van der Waals surface area contributed by atoms with Crippen molar-refractivity contribution in [1.82, 2.24) is 4.90 Å². The number of hydrogen-bond acceptors (Lipinski definition) is 6. The van der Waals surface area contributed by atoms with Gasteiger partial charge in [-0.15, -0.1) is 0 Å². The second-order valence-electron chi connectivity index (χ2n) is 8.51. The standard InChI is InChI=1S/C29H29NO6/c1-18-17-21(35-3)13-14-22(18)27(31)25-26(23-7-5-6-8-24(23)36-4)30(29(33)28(25)32)16-15-19-9-11-20(34-2)12-10-19/h5-14,17,26,31H,15-16H2,1-4H3/b27-25+. The van der Waals surface area contributed by atoms with Gasteiger partial charge in [0.25, 0.3) is 11.7 Å². The largest absolute Gasteiger partial charge is 0.507 e. The van der Waals surface area contributed by atoms with E-state index in [1.165, 1.54) is 12.0 Å². The molecule has 1 atom stereocenters. The van der Waals surface area contributed by atoms with Crippen LogP contribution in [-0.4, -0.2) is 49.6 Å². The molecule has 3 aromatic rings. The maximum absolute atomic E-state index is 13.4. The van der Waals surface area contributed by atoms with E-state index < -0.39 is 17.7 Å². The summed E-state index contributed by atoms with van der Waals surface area (Å²) in [5, 5.41) is 11.4. The Morgan fingerprint density at radius 3 is 2.19 bits per heavy atom. The number of nitrogens with zero attached hydrogens (tertiary/aromatic N) is 1. The summed E-state index contributed by atoms with van der Waals surface area (Å²) in [7, 11) is 4.70. The number of aryl methyl sites for hydroxylation is 1. The van der Waals surface area contributed by atoms with Gasteiger partial charge in [-0.25, -0.2) is 0 Å².